The molecule has 0 heterocycles. The Balaban J connectivity index is 5.07. The van der Waals surface area contributed by atoms with Crippen LogP contribution in [0.1, 0.15) is 67.7 Å². The fraction of sp³-hybridized carbons (Fsp3) is 1.00. The van der Waals surface area contributed by atoms with E-state index in [2.05, 4.69) is 61.0 Å². The van der Waals surface area contributed by atoms with E-state index in [1.165, 1.54) is 30.8 Å². The van der Waals surface area contributed by atoms with Gasteiger partial charge in [0.15, 0.2) is 0 Å². The monoisotopic (exact) mass is 262 g/mol. The molecule has 0 aromatic heterocycles. The van der Waals surface area contributed by atoms with Crippen molar-refractivity contribution in [3.05, 3.63) is 0 Å². The second-order valence-corrected chi connectivity index (χ2v) is 16.5. The lowest BCUT2D eigenvalue weighted by molar-refractivity contribution is 0.471. The fourth-order valence-electron chi connectivity index (χ4n) is 3.04. The van der Waals surface area contributed by atoms with Crippen LogP contribution < -0.4 is 0 Å². The van der Waals surface area contributed by atoms with Crippen molar-refractivity contribution in [2.75, 3.05) is 24.0 Å². The molecular weight excluding hydrogens is 224 g/mol. The van der Waals surface area contributed by atoms with Crippen LogP contribution in [-0.4, -0.2) is 28.8 Å². The Morgan fingerprint density at radius 3 is 1.59 bits per heavy atom. The molecule has 0 radical (unpaired) electrons. The molecule has 108 valence electrons. The van der Waals surface area contributed by atoms with Crippen LogP contribution in [0.3, 0.4) is 0 Å². The summed E-state index contributed by atoms with van der Waals surface area (Å²) in [5.74, 6) is 2.89. The Labute approximate surface area is 111 Å². The van der Waals surface area contributed by atoms with Crippen LogP contribution in [0.25, 0.3) is 0 Å². The van der Waals surface area contributed by atoms with Crippen LogP contribution in [0.2, 0.25) is 0 Å². The van der Waals surface area contributed by atoms with E-state index in [0.29, 0.717) is 10.2 Å². The average molecular weight is 263 g/mol. The molecule has 0 bridgehead atoms. The first kappa shape index (κ1) is 17.4. The summed E-state index contributed by atoms with van der Waals surface area (Å²) in [7, 11) is -1.61. The van der Waals surface area contributed by atoms with Gasteiger partial charge in [-0.3, -0.25) is 9.16 Å². The van der Waals surface area contributed by atoms with Gasteiger partial charge in [-0.2, -0.15) is 0 Å². The number of thiol groups is 1. The minimum Gasteiger partial charge on any atom is -0.283 e. The second-order valence-electron chi connectivity index (χ2n) is 9.02. The molecule has 0 amide bonds. The molecule has 0 nitrogen and oxygen atoms in total. The van der Waals surface area contributed by atoms with Gasteiger partial charge in [0.1, 0.15) is 0 Å². The zero-order valence-corrected chi connectivity index (χ0v) is 14.9. The number of unbranched alkanes of at least 4 members (excludes halogenated alkanes) is 2. The van der Waals surface area contributed by atoms with Gasteiger partial charge in [-0.15, -0.1) is 0 Å². The van der Waals surface area contributed by atoms with Crippen molar-refractivity contribution in [3.63, 3.8) is 0 Å². The van der Waals surface area contributed by atoms with Gasteiger partial charge in [0, 0.05) is 0 Å². The molecule has 0 aliphatic heterocycles. The largest absolute Gasteiger partial charge is 0.283 e. The lowest BCUT2D eigenvalue weighted by Crippen LogP contribution is -2.44. The van der Waals surface area contributed by atoms with Crippen molar-refractivity contribution < 1.29 is 0 Å². The van der Waals surface area contributed by atoms with Gasteiger partial charge in [0.2, 0.25) is 0 Å². The van der Waals surface area contributed by atoms with Crippen molar-refractivity contribution in [2.24, 2.45) is 5.41 Å². The quantitative estimate of drug-likeness (QED) is 0.501. The third-order valence-corrected chi connectivity index (χ3v) is 13.0. The van der Waals surface area contributed by atoms with E-state index in [9.17, 15) is 0 Å². The Kier molecular flexibility index (Phi) is 5.26. The van der Waals surface area contributed by atoms with E-state index in [4.69, 9.17) is 0 Å². The molecule has 0 aliphatic rings. The van der Waals surface area contributed by atoms with Gasteiger partial charge in [-0.05, 0) is 40.6 Å². The molecule has 0 aliphatic carbocycles. The van der Waals surface area contributed by atoms with Gasteiger partial charge in [0.25, 0.3) is 0 Å². The molecule has 0 unspecified atom stereocenters. The van der Waals surface area contributed by atoms with Gasteiger partial charge in [0.05, 0.1) is 0 Å². The third kappa shape index (κ3) is 4.85. The molecule has 0 aromatic rings. The SMILES string of the molecule is CCCCC[SH](C)(C)(CC(C)(C)C)C(C)(C)C. The maximum atomic E-state index is 2.65. The molecule has 0 rings (SSSR count). The van der Waals surface area contributed by atoms with Crippen LogP contribution in [0.4, 0.5) is 0 Å². The smallest absolute Gasteiger partial charge is 0.0213 e. The van der Waals surface area contributed by atoms with Crippen LogP contribution in [0.15, 0.2) is 0 Å². The average Bonchev–Trinajstić information content (AvgIpc) is 1.97. The molecule has 0 spiro atoms. The fourth-order valence-corrected chi connectivity index (χ4v) is 8.63. The highest BCUT2D eigenvalue weighted by Gasteiger charge is 2.44. The van der Waals surface area contributed by atoms with Crippen LogP contribution >= 0.6 is 9.16 Å². The van der Waals surface area contributed by atoms with Crippen molar-refractivity contribution in [3.8, 4) is 0 Å². The summed E-state index contributed by atoms with van der Waals surface area (Å²) in [6, 6.07) is 0. The van der Waals surface area contributed by atoms with Gasteiger partial charge in [-0.1, -0.05) is 61.3 Å². The van der Waals surface area contributed by atoms with E-state index in [1.54, 1.807) is 0 Å². The molecule has 0 N–H and O–H groups in total. The lowest BCUT2D eigenvalue weighted by Gasteiger charge is -2.67. The minimum absolute atomic E-state index is 0.459. The summed E-state index contributed by atoms with van der Waals surface area (Å²) in [6.45, 7) is 17.0. The maximum Gasteiger partial charge on any atom is -0.0213 e. The highest BCUT2D eigenvalue weighted by Crippen LogP contribution is 2.74. The maximum absolute atomic E-state index is 2.65. The summed E-state index contributed by atoms with van der Waals surface area (Å²) < 4.78 is 0.479. The third-order valence-electron chi connectivity index (χ3n) is 4.75. The zero-order valence-electron chi connectivity index (χ0n) is 14.0. The zero-order chi connectivity index (χ0) is 14.0. The Hall–Kier alpha value is 0.350. The van der Waals surface area contributed by atoms with Crippen molar-refractivity contribution in [1.29, 1.82) is 0 Å². The predicted octanol–water partition coefficient (Wildman–Crippen LogP) is 5.35. The Bertz CT molecular complexity index is 237. The van der Waals surface area contributed by atoms with E-state index in [-0.39, 0.29) is 0 Å². The first-order valence-electron chi connectivity index (χ1n) is 7.31. The molecule has 0 saturated carbocycles. The normalized spacial score (nSPS) is 16.6. The van der Waals surface area contributed by atoms with Gasteiger partial charge in [-0.25, -0.2) is 0 Å². The van der Waals surface area contributed by atoms with Gasteiger partial charge < -0.3 is 0 Å². The molecule has 1 heteroatoms. The van der Waals surface area contributed by atoms with Crippen LogP contribution in [0, 0.1) is 5.41 Å². The standard InChI is InChI=1S/C16H38S/c1-10-11-12-13-17(8,9,16(5,6)7)14-15(2,3)4/h17H,10-14H2,1-9H3. The molecule has 0 saturated heterocycles. The number of hydrogen-bond acceptors (Lipinski definition) is 0. The Morgan fingerprint density at radius 2 is 1.29 bits per heavy atom. The minimum atomic E-state index is -1.61. The molecule has 0 aromatic carbocycles. The van der Waals surface area contributed by atoms with Crippen LogP contribution in [-0.2, 0) is 0 Å². The predicted molar refractivity (Wildman–Crippen MR) is 89.3 cm³/mol. The summed E-state index contributed by atoms with van der Waals surface area (Å²) in [4.78, 5) is 0. The summed E-state index contributed by atoms with van der Waals surface area (Å²) in [5, 5.41) is 0. The number of hydrogen-bond donors (Lipinski definition) is 1. The summed E-state index contributed by atoms with van der Waals surface area (Å²) in [5.41, 5.74) is 0.459. The Morgan fingerprint density at radius 1 is 0.824 bits per heavy atom. The summed E-state index contributed by atoms with van der Waals surface area (Å²) in [6.07, 6.45) is 9.46. The highest BCUT2D eigenvalue weighted by atomic mass is 32.3. The molecular formula is C16H38S. The first-order chi connectivity index (χ1) is 7.31. The van der Waals surface area contributed by atoms with Crippen molar-refractivity contribution >= 4 is 9.16 Å². The first-order valence-corrected chi connectivity index (χ1v) is 10.8. The van der Waals surface area contributed by atoms with Crippen molar-refractivity contribution in [2.45, 2.75) is 72.5 Å². The topological polar surface area (TPSA) is 0 Å². The second kappa shape index (κ2) is 5.15. The summed E-state index contributed by atoms with van der Waals surface area (Å²) >= 11 is 0. The molecule has 0 fully saturated rings. The van der Waals surface area contributed by atoms with Crippen LogP contribution in [0.5, 0.6) is 0 Å². The van der Waals surface area contributed by atoms with E-state index in [1.807, 2.05) is 0 Å². The molecule has 0 atom stereocenters. The van der Waals surface area contributed by atoms with E-state index in [0.717, 1.165) is 0 Å². The van der Waals surface area contributed by atoms with E-state index < -0.39 is 9.16 Å². The number of rotatable bonds is 5. The van der Waals surface area contributed by atoms with E-state index >= 15 is 0 Å². The molecule has 17 heavy (non-hydrogen) atoms. The van der Waals surface area contributed by atoms with Crippen molar-refractivity contribution in [1.82, 2.24) is 0 Å². The lowest BCUT2D eigenvalue weighted by atomic mass is 10.0. The highest BCUT2D eigenvalue weighted by molar-refractivity contribution is 8.49. The van der Waals surface area contributed by atoms with Gasteiger partial charge >= 0.3 is 0 Å².